The third-order valence-corrected chi connectivity index (χ3v) is 6.01. The van der Waals surface area contributed by atoms with Crippen molar-refractivity contribution >= 4 is 29.4 Å². The van der Waals surface area contributed by atoms with Gasteiger partial charge in [0.25, 0.3) is 11.8 Å². The van der Waals surface area contributed by atoms with E-state index in [0.717, 1.165) is 17.0 Å². The minimum Gasteiger partial charge on any atom is -0.497 e. The van der Waals surface area contributed by atoms with Crippen LogP contribution in [0.2, 0.25) is 0 Å². The molecular formula is C28H30N4O6. The molecule has 2 amide bonds. The minimum absolute atomic E-state index is 0.273. The lowest BCUT2D eigenvalue weighted by atomic mass is 10.1. The number of amides is 2. The summed E-state index contributed by atoms with van der Waals surface area (Å²) in [5, 5.41) is 6.94. The molecule has 0 unspecified atom stereocenters. The van der Waals surface area contributed by atoms with Gasteiger partial charge < -0.3 is 29.2 Å². The SMILES string of the molecule is COc1ccc(C=NNC(=O)c2cc(N3CCOCC3)ccc2NC(=O)c2ccc(OC)c(OC)c2)cc1. The summed E-state index contributed by atoms with van der Waals surface area (Å²) >= 11 is 0. The first kappa shape index (κ1) is 26.5. The van der Waals surface area contributed by atoms with Crippen LogP contribution in [0.15, 0.2) is 65.8 Å². The van der Waals surface area contributed by atoms with Gasteiger partial charge in [0, 0.05) is 24.3 Å². The van der Waals surface area contributed by atoms with E-state index < -0.39 is 11.8 Å². The lowest BCUT2D eigenvalue weighted by molar-refractivity contribution is 0.0956. The Labute approximate surface area is 221 Å². The van der Waals surface area contributed by atoms with Gasteiger partial charge in [-0.3, -0.25) is 9.59 Å². The van der Waals surface area contributed by atoms with E-state index in [9.17, 15) is 9.59 Å². The Morgan fingerprint density at radius 1 is 0.868 bits per heavy atom. The summed E-state index contributed by atoms with van der Waals surface area (Å²) in [7, 11) is 4.62. The first-order chi connectivity index (χ1) is 18.5. The number of morpholine rings is 1. The Hall–Kier alpha value is -4.57. The van der Waals surface area contributed by atoms with E-state index in [1.165, 1.54) is 20.4 Å². The maximum absolute atomic E-state index is 13.2. The van der Waals surface area contributed by atoms with E-state index in [1.807, 2.05) is 18.2 Å². The number of nitrogens with one attached hydrogen (secondary N) is 2. The lowest BCUT2D eigenvalue weighted by Crippen LogP contribution is -2.36. The second-order valence-corrected chi connectivity index (χ2v) is 8.33. The van der Waals surface area contributed by atoms with Crippen molar-refractivity contribution in [3.8, 4) is 17.2 Å². The molecule has 1 saturated heterocycles. The van der Waals surface area contributed by atoms with Gasteiger partial charge in [0.05, 0.1) is 52.0 Å². The normalized spacial score (nSPS) is 13.2. The molecule has 0 spiro atoms. The number of rotatable bonds is 9. The average molecular weight is 519 g/mol. The van der Waals surface area contributed by atoms with Gasteiger partial charge >= 0.3 is 0 Å². The molecule has 1 heterocycles. The van der Waals surface area contributed by atoms with Crippen LogP contribution in [0.1, 0.15) is 26.3 Å². The zero-order valence-electron chi connectivity index (χ0n) is 21.5. The summed E-state index contributed by atoms with van der Waals surface area (Å²) in [6, 6.07) is 17.4. The maximum Gasteiger partial charge on any atom is 0.273 e. The molecule has 0 bridgehead atoms. The molecule has 1 fully saturated rings. The summed E-state index contributed by atoms with van der Waals surface area (Å²) in [4.78, 5) is 28.4. The van der Waals surface area contributed by atoms with Crippen LogP contribution >= 0.6 is 0 Å². The van der Waals surface area contributed by atoms with Crippen molar-refractivity contribution in [3.63, 3.8) is 0 Å². The van der Waals surface area contributed by atoms with Gasteiger partial charge in [0.2, 0.25) is 0 Å². The van der Waals surface area contributed by atoms with E-state index in [1.54, 1.807) is 49.6 Å². The first-order valence-corrected chi connectivity index (χ1v) is 12.0. The van der Waals surface area contributed by atoms with Crippen molar-refractivity contribution < 1.29 is 28.5 Å². The molecule has 10 heteroatoms. The van der Waals surface area contributed by atoms with Crippen molar-refractivity contribution in [2.24, 2.45) is 5.10 Å². The third-order valence-electron chi connectivity index (χ3n) is 6.01. The summed E-state index contributed by atoms with van der Waals surface area (Å²) in [5.74, 6) is 0.789. The molecule has 1 aliphatic heterocycles. The molecule has 10 nitrogen and oxygen atoms in total. The molecule has 2 N–H and O–H groups in total. The molecule has 0 saturated carbocycles. The molecule has 0 atom stereocenters. The molecule has 0 aromatic heterocycles. The number of carbonyl (C=O) groups excluding carboxylic acids is 2. The van der Waals surface area contributed by atoms with Gasteiger partial charge in [-0.05, 0) is 66.2 Å². The predicted molar refractivity (Wildman–Crippen MR) is 145 cm³/mol. The van der Waals surface area contributed by atoms with Crippen LogP contribution in [0.5, 0.6) is 17.2 Å². The molecule has 38 heavy (non-hydrogen) atoms. The third kappa shape index (κ3) is 6.40. The standard InChI is InChI=1S/C28H30N4O6/c1-35-22-8-4-19(5-9-22)18-29-31-28(34)23-17-21(32-12-14-38-15-13-32)7-10-24(23)30-27(33)20-6-11-25(36-2)26(16-20)37-3/h4-11,16-18H,12-15H2,1-3H3,(H,30,33)(H,31,34). The number of hydrogen-bond donors (Lipinski definition) is 2. The Morgan fingerprint density at radius 3 is 2.29 bits per heavy atom. The van der Waals surface area contributed by atoms with E-state index >= 15 is 0 Å². The molecular weight excluding hydrogens is 488 g/mol. The van der Waals surface area contributed by atoms with Gasteiger partial charge in [-0.25, -0.2) is 5.43 Å². The van der Waals surface area contributed by atoms with Crippen molar-refractivity contribution in [2.75, 3.05) is 57.8 Å². The first-order valence-electron chi connectivity index (χ1n) is 12.0. The van der Waals surface area contributed by atoms with Gasteiger partial charge in [0.15, 0.2) is 11.5 Å². The molecule has 0 aliphatic carbocycles. The van der Waals surface area contributed by atoms with Crippen molar-refractivity contribution in [3.05, 3.63) is 77.4 Å². The van der Waals surface area contributed by atoms with Crippen LogP contribution in [0.25, 0.3) is 0 Å². The van der Waals surface area contributed by atoms with Gasteiger partial charge in [-0.15, -0.1) is 0 Å². The number of carbonyl (C=O) groups is 2. The Kier molecular flexibility index (Phi) is 8.78. The topological polar surface area (TPSA) is 111 Å². The van der Waals surface area contributed by atoms with Crippen LogP contribution in [0.4, 0.5) is 11.4 Å². The highest BCUT2D eigenvalue weighted by molar-refractivity contribution is 6.09. The van der Waals surface area contributed by atoms with Gasteiger partial charge in [-0.2, -0.15) is 5.10 Å². The zero-order chi connectivity index (χ0) is 26.9. The Morgan fingerprint density at radius 2 is 1.61 bits per heavy atom. The number of hydrogen-bond acceptors (Lipinski definition) is 8. The van der Waals surface area contributed by atoms with Crippen molar-refractivity contribution in [1.29, 1.82) is 0 Å². The largest absolute Gasteiger partial charge is 0.497 e. The smallest absolute Gasteiger partial charge is 0.273 e. The second kappa shape index (κ2) is 12.6. The monoisotopic (exact) mass is 518 g/mol. The fraction of sp³-hybridized carbons (Fsp3) is 0.250. The van der Waals surface area contributed by atoms with Gasteiger partial charge in [-0.1, -0.05) is 0 Å². The number of anilines is 2. The molecule has 4 rings (SSSR count). The Bertz CT molecular complexity index is 1300. The lowest BCUT2D eigenvalue weighted by Gasteiger charge is -2.29. The van der Waals surface area contributed by atoms with E-state index in [4.69, 9.17) is 18.9 Å². The zero-order valence-corrected chi connectivity index (χ0v) is 21.5. The summed E-state index contributed by atoms with van der Waals surface area (Å²) in [6.07, 6.45) is 1.53. The quantitative estimate of drug-likeness (QED) is 0.329. The van der Waals surface area contributed by atoms with Gasteiger partial charge in [0.1, 0.15) is 5.75 Å². The van der Waals surface area contributed by atoms with Crippen molar-refractivity contribution in [2.45, 2.75) is 0 Å². The minimum atomic E-state index is -0.465. The Balaban J connectivity index is 1.57. The molecule has 3 aromatic rings. The summed E-state index contributed by atoms with van der Waals surface area (Å²) in [5.41, 5.74) is 5.17. The fourth-order valence-electron chi connectivity index (χ4n) is 3.93. The highest BCUT2D eigenvalue weighted by atomic mass is 16.5. The van der Waals surface area contributed by atoms with Crippen molar-refractivity contribution in [1.82, 2.24) is 5.43 Å². The molecule has 0 radical (unpaired) electrons. The predicted octanol–water partition coefficient (Wildman–Crippen LogP) is 3.57. The number of nitrogens with zero attached hydrogens (tertiary/aromatic N) is 2. The van der Waals surface area contributed by atoms with Crippen LogP contribution in [-0.2, 0) is 4.74 Å². The van der Waals surface area contributed by atoms with E-state index in [0.29, 0.717) is 49.1 Å². The van der Waals surface area contributed by atoms with Crippen LogP contribution in [-0.4, -0.2) is 65.7 Å². The summed E-state index contributed by atoms with van der Waals surface area (Å²) < 4.78 is 21.2. The average Bonchev–Trinajstić information content (AvgIpc) is 2.97. The second-order valence-electron chi connectivity index (χ2n) is 8.33. The number of ether oxygens (including phenoxy) is 4. The van der Waals surface area contributed by atoms with E-state index in [-0.39, 0.29) is 5.56 Å². The van der Waals surface area contributed by atoms with Crippen LogP contribution in [0.3, 0.4) is 0 Å². The number of hydrazone groups is 1. The molecule has 1 aliphatic rings. The summed E-state index contributed by atoms with van der Waals surface area (Å²) in [6.45, 7) is 2.61. The van der Waals surface area contributed by atoms with E-state index in [2.05, 4.69) is 20.7 Å². The fourth-order valence-corrected chi connectivity index (χ4v) is 3.93. The molecule has 198 valence electrons. The maximum atomic E-state index is 13.2. The number of methoxy groups -OCH3 is 3. The highest BCUT2D eigenvalue weighted by Gasteiger charge is 2.19. The molecule has 3 aromatic carbocycles. The van der Waals surface area contributed by atoms with Crippen LogP contribution < -0.4 is 29.9 Å². The van der Waals surface area contributed by atoms with Crippen LogP contribution in [0, 0.1) is 0 Å². The highest BCUT2D eigenvalue weighted by Crippen LogP contribution is 2.29. The number of benzene rings is 3.